The van der Waals surface area contributed by atoms with Crippen LogP contribution in [0.2, 0.25) is 0 Å². The van der Waals surface area contributed by atoms with Gasteiger partial charge in [-0.25, -0.2) is 4.39 Å². The highest BCUT2D eigenvalue weighted by atomic mass is 19.1. The molecule has 0 bridgehead atoms. The number of hydrogen-bond donors (Lipinski definition) is 1. The fourth-order valence-electron chi connectivity index (χ4n) is 1.98. The van der Waals surface area contributed by atoms with Crippen LogP contribution in [0.5, 0.6) is 0 Å². The molecule has 98 valence electrons. The molecule has 2 aromatic rings. The molecule has 0 atom stereocenters. The van der Waals surface area contributed by atoms with Gasteiger partial charge in [-0.15, -0.1) is 0 Å². The third kappa shape index (κ3) is 3.19. The molecular formula is C16H16FNO. The third-order valence-corrected chi connectivity index (χ3v) is 3.02. The minimum atomic E-state index is -0.302. The van der Waals surface area contributed by atoms with Gasteiger partial charge in [-0.05, 0) is 31.5 Å². The summed E-state index contributed by atoms with van der Waals surface area (Å²) in [5.41, 5.74) is 3.15. The molecule has 2 aromatic carbocycles. The molecule has 0 saturated carbocycles. The van der Waals surface area contributed by atoms with Crippen LogP contribution in [-0.2, 0) is 6.54 Å². The first kappa shape index (κ1) is 13.3. The molecule has 1 amide bonds. The fraction of sp³-hybridized carbons (Fsp3) is 0.188. The number of carbonyl (C=O) groups is 1. The Morgan fingerprint density at radius 3 is 2.58 bits per heavy atom. The van der Waals surface area contributed by atoms with Gasteiger partial charge in [0.1, 0.15) is 5.82 Å². The number of rotatable bonds is 3. The monoisotopic (exact) mass is 257 g/mol. The van der Waals surface area contributed by atoms with E-state index in [1.54, 1.807) is 24.3 Å². The van der Waals surface area contributed by atoms with E-state index in [9.17, 15) is 9.18 Å². The summed E-state index contributed by atoms with van der Waals surface area (Å²) in [5, 5.41) is 2.74. The van der Waals surface area contributed by atoms with Crippen molar-refractivity contribution >= 4 is 5.91 Å². The second-order valence-corrected chi connectivity index (χ2v) is 4.59. The maximum atomic E-state index is 13.4. The molecule has 0 spiro atoms. The Bertz CT molecular complexity index is 607. The van der Waals surface area contributed by atoms with E-state index in [0.717, 1.165) is 11.1 Å². The lowest BCUT2D eigenvalue weighted by molar-refractivity contribution is 0.0950. The number of nitrogens with one attached hydrogen (secondary N) is 1. The maximum Gasteiger partial charge on any atom is 0.251 e. The average molecular weight is 257 g/mol. The van der Waals surface area contributed by atoms with E-state index in [2.05, 4.69) is 5.32 Å². The predicted octanol–water partition coefficient (Wildman–Crippen LogP) is 3.37. The summed E-state index contributed by atoms with van der Waals surface area (Å²) in [6.07, 6.45) is 0. The first-order chi connectivity index (χ1) is 9.08. The van der Waals surface area contributed by atoms with E-state index in [-0.39, 0.29) is 18.3 Å². The molecule has 19 heavy (non-hydrogen) atoms. The summed E-state index contributed by atoms with van der Waals surface area (Å²) in [6, 6.07) is 12.1. The van der Waals surface area contributed by atoms with Crippen molar-refractivity contribution in [3.63, 3.8) is 0 Å². The molecular weight excluding hydrogens is 241 g/mol. The largest absolute Gasteiger partial charge is 0.348 e. The van der Waals surface area contributed by atoms with E-state index in [1.807, 2.05) is 26.0 Å². The molecule has 0 fully saturated rings. The van der Waals surface area contributed by atoms with Crippen LogP contribution in [0.25, 0.3) is 0 Å². The van der Waals surface area contributed by atoms with E-state index in [0.29, 0.717) is 11.1 Å². The highest BCUT2D eigenvalue weighted by molar-refractivity contribution is 5.95. The Labute approximate surface area is 112 Å². The van der Waals surface area contributed by atoms with Gasteiger partial charge in [-0.1, -0.05) is 35.9 Å². The third-order valence-electron chi connectivity index (χ3n) is 3.02. The maximum absolute atomic E-state index is 13.4. The standard InChI is InChI=1S/C16H16FNO/c1-11-7-8-14(12(2)9-11)16(19)18-10-13-5-3-4-6-15(13)17/h3-9H,10H2,1-2H3,(H,18,19). The van der Waals surface area contributed by atoms with Crippen molar-refractivity contribution in [3.05, 3.63) is 70.5 Å². The van der Waals surface area contributed by atoms with E-state index in [4.69, 9.17) is 0 Å². The summed E-state index contributed by atoms with van der Waals surface area (Å²) in [5.74, 6) is -0.482. The smallest absolute Gasteiger partial charge is 0.251 e. The summed E-state index contributed by atoms with van der Waals surface area (Å²) in [6.45, 7) is 4.07. The van der Waals surface area contributed by atoms with Crippen molar-refractivity contribution in [1.82, 2.24) is 5.32 Å². The van der Waals surface area contributed by atoms with E-state index >= 15 is 0 Å². The summed E-state index contributed by atoms with van der Waals surface area (Å²) < 4.78 is 13.4. The van der Waals surface area contributed by atoms with Gasteiger partial charge in [0, 0.05) is 17.7 Å². The zero-order chi connectivity index (χ0) is 13.8. The van der Waals surface area contributed by atoms with Crippen molar-refractivity contribution < 1.29 is 9.18 Å². The number of benzene rings is 2. The van der Waals surface area contributed by atoms with Gasteiger partial charge in [0.2, 0.25) is 0 Å². The molecule has 0 aliphatic carbocycles. The van der Waals surface area contributed by atoms with Gasteiger partial charge in [0.25, 0.3) is 5.91 Å². The summed E-state index contributed by atoms with van der Waals surface area (Å²) >= 11 is 0. The number of amides is 1. The second-order valence-electron chi connectivity index (χ2n) is 4.59. The van der Waals surface area contributed by atoms with Gasteiger partial charge in [0.15, 0.2) is 0 Å². The molecule has 0 unspecified atom stereocenters. The number of carbonyl (C=O) groups excluding carboxylic acids is 1. The Kier molecular flexibility index (Phi) is 3.95. The molecule has 0 aromatic heterocycles. The average Bonchev–Trinajstić information content (AvgIpc) is 2.37. The van der Waals surface area contributed by atoms with Crippen LogP contribution in [0.1, 0.15) is 27.0 Å². The van der Waals surface area contributed by atoms with Crippen LogP contribution in [0.4, 0.5) is 4.39 Å². The topological polar surface area (TPSA) is 29.1 Å². The molecule has 0 radical (unpaired) electrons. The van der Waals surface area contributed by atoms with Gasteiger partial charge in [0.05, 0.1) is 0 Å². The first-order valence-electron chi connectivity index (χ1n) is 6.17. The predicted molar refractivity (Wildman–Crippen MR) is 73.5 cm³/mol. The highest BCUT2D eigenvalue weighted by Gasteiger charge is 2.09. The van der Waals surface area contributed by atoms with Crippen LogP contribution in [0.3, 0.4) is 0 Å². The Hall–Kier alpha value is -2.16. The molecule has 3 heteroatoms. The Morgan fingerprint density at radius 2 is 1.89 bits per heavy atom. The molecule has 0 aliphatic rings. The molecule has 0 aliphatic heterocycles. The normalized spacial score (nSPS) is 10.3. The minimum absolute atomic E-state index is 0.180. The molecule has 2 nitrogen and oxygen atoms in total. The SMILES string of the molecule is Cc1ccc(C(=O)NCc2ccccc2F)c(C)c1. The lowest BCUT2D eigenvalue weighted by atomic mass is 10.1. The number of aryl methyl sites for hydroxylation is 2. The summed E-state index contributed by atoms with van der Waals surface area (Å²) in [7, 11) is 0. The first-order valence-corrected chi connectivity index (χ1v) is 6.17. The number of hydrogen-bond acceptors (Lipinski definition) is 1. The lowest BCUT2D eigenvalue weighted by Gasteiger charge is -2.09. The highest BCUT2D eigenvalue weighted by Crippen LogP contribution is 2.11. The minimum Gasteiger partial charge on any atom is -0.348 e. The van der Waals surface area contributed by atoms with Crippen molar-refractivity contribution in [1.29, 1.82) is 0 Å². The van der Waals surface area contributed by atoms with Crippen molar-refractivity contribution in [2.75, 3.05) is 0 Å². The van der Waals surface area contributed by atoms with Crippen LogP contribution in [0.15, 0.2) is 42.5 Å². The second kappa shape index (κ2) is 5.65. The Morgan fingerprint density at radius 1 is 1.16 bits per heavy atom. The van der Waals surface area contributed by atoms with Crippen LogP contribution in [-0.4, -0.2) is 5.91 Å². The van der Waals surface area contributed by atoms with Gasteiger partial charge < -0.3 is 5.32 Å². The fourth-order valence-corrected chi connectivity index (χ4v) is 1.98. The zero-order valence-electron chi connectivity index (χ0n) is 11.0. The van der Waals surface area contributed by atoms with Crippen molar-refractivity contribution in [2.24, 2.45) is 0 Å². The van der Waals surface area contributed by atoms with E-state index < -0.39 is 0 Å². The van der Waals surface area contributed by atoms with Crippen LogP contribution >= 0.6 is 0 Å². The Balaban J connectivity index is 2.08. The van der Waals surface area contributed by atoms with Crippen LogP contribution < -0.4 is 5.32 Å². The quantitative estimate of drug-likeness (QED) is 0.897. The van der Waals surface area contributed by atoms with E-state index in [1.165, 1.54) is 6.07 Å². The van der Waals surface area contributed by atoms with Crippen molar-refractivity contribution in [3.8, 4) is 0 Å². The molecule has 0 heterocycles. The number of halogens is 1. The van der Waals surface area contributed by atoms with Gasteiger partial charge in [-0.3, -0.25) is 4.79 Å². The lowest BCUT2D eigenvalue weighted by Crippen LogP contribution is -2.24. The van der Waals surface area contributed by atoms with Crippen LogP contribution in [0, 0.1) is 19.7 Å². The van der Waals surface area contributed by atoms with Gasteiger partial charge in [-0.2, -0.15) is 0 Å². The summed E-state index contributed by atoms with van der Waals surface area (Å²) in [4.78, 5) is 12.0. The molecule has 2 rings (SSSR count). The van der Waals surface area contributed by atoms with Gasteiger partial charge >= 0.3 is 0 Å². The molecule has 1 N–H and O–H groups in total. The zero-order valence-corrected chi connectivity index (χ0v) is 11.0. The van der Waals surface area contributed by atoms with Crippen molar-refractivity contribution in [2.45, 2.75) is 20.4 Å². The molecule has 0 saturated heterocycles.